The van der Waals surface area contributed by atoms with E-state index in [4.69, 9.17) is 4.74 Å². The standard InChI is InChI=1S/C21H32N2O2/c1-17(2)23-12-6-7-18(16-23)15-22-20(24)21(10-13-25-14-11-21)19-8-4-3-5-9-19/h3-5,8-9,17-18H,6-7,10-16H2,1-2H3,(H,22,24)/t18-/m1/s1. The third-order valence-corrected chi connectivity index (χ3v) is 5.94. The van der Waals surface area contributed by atoms with Gasteiger partial charge in [-0.05, 0) is 57.6 Å². The van der Waals surface area contributed by atoms with Crippen molar-refractivity contribution in [3.63, 3.8) is 0 Å². The summed E-state index contributed by atoms with van der Waals surface area (Å²) in [5.74, 6) is 0.747. The summed E-state index contributed by atoms with van der Waals surface area (Å²) < 4.78 is 5.54. The van der Waals surface area contributed by atoms with Crippen LogP contribution in [0.3, 0.4) is 0 Å². The smallest absolute Gasteiger partial charge is 0.230 e. The Labute approximate surface area is 151 Å². The lowest BCUT2D eigenvalue weighted by Gasteiger charge is -2.38. The van der Waals surface area contributed by atoms with Crippen LogP contribution >= 0.6 is 0 Å². The molecule has 0 spiro atoms. The number of piperidine rings is 1. The van der Waals surface area contributed by atoms with Crippen LogP contribution in [0.15, 0.2) is 30.3 Å². The van der Waals surface area contributed by atoms with E-state index >= 15 is 0 Å². The molecule has 4 nitrogen and oxygen atoms in total. The largest absolute Gasteiger partial charge is 0.381 e. The first-order valence-electron chi connectivity index (χ1n) is 9.77. The van der Waals surface area contributed by atoms with Gasteiger partial charge in [0.25, 0.3) is 0 Å². The molecule has 1 amide bonds. The zero-order chi connectivity index (χ0) is 17.7. The molecule has 2 heterocycles. The number of benzene rings is 1. The van der Waals surface area contributed by atoms with Gasteiger partial charge in [-0.15, -0.1) is 0 Å². The van der Waals surface area contributed by atoms with Gasteiger partial charge in [-0.1, -0.05) is 30.3 Å². The van der Waals surface area contributed by atoms with Gasteiger partial charge in [0, 0.05) is 32.3 Å². The Balaban J connectivity index is 1.65. The Bertz CT molecular complexity index is 552. The van der Waals surface area contributed by atoms with Crippen molar-refractivity contribution in [1.29, 1.82) is 0 Å². The van der Waals surface area contributed by atoms with Gasteiger partial charge in [-0.3, -0.25) is 4.79 Å². The fraction of sp³-hybridized carbons (Fsp3) is 0.667. The Morgan fingerprint density at radius 1 is 1.28 bits per heavy atom. The summed E-state index contributed by atoms with van der Waals surface area (Å²) in [6, 6.07) is 10.8. The van der Waals surface area contributed by atoms with Crippen LogP contribution in [0.25, 0.3) is 0 Å². The summed E-state index contributed by atoms with van der Waals surface area (Å²) in [6.07, 6.45) is 3.98. The molecule has 0 bridgehead atoms. The number of likely N-dealkylation sites (tertiary alicyclic amines) is 1. The molecule has 0 aromatic heterocycles. The fourth-order valence-corrected chi connectivity index (χ4v) is 4.26. The molecule has 2 aliphatic rings. The van der Waals surface area contributed by atoms with Gasteiger partial charge >= 0.3 is 0 Å². The molecule has 3 rings (SSSR count). The number of ether oxygens (including phenoxy) is 1. The molecule has 2 fully saturated rings. The summed E-state index contributed by atoms with van der Waals surface area (Å²) in [7, 11) is 0. The number of rotatable bonds is 5. The molecular weight excluding hydrogens is 312 g/mol. The lowest BCUT2D eigenvalue weighted by atomic mass is 9.73. The monoisotopic (exact) mass is 344 g/mol. The zero-order valence-corrected chi connectivity index (χ0v) is 15.7. The third-order valence-electron chi connectivity index (χ3n) is 5.94. The first kappa shape index (κ1) is 18.4. The lowest BCUT2D eigenvalue weighted by Crippen LogP contribution is -2.50. The van der Waals surface area contributed by atoms with Crippen LogP contribution in [0, 0.1) is 5.92 Å². The molecule has 0 aliphatic carbocycles. The number of carbonyl (C=O) groups excluding carboxylic acids is 1. The molecule has 2 aliphatic heterocycles. The van der Waals surface area contributed by atoms with E-state index < -0.39 is 5.41 Å². The van der Waals surface area contributed by atoms with Gasteiger partial charge in [0.1, 0.15) is 0 Å². The molecule has 4 heteroatoms. The Morgan fingerprint density at radius 2 is 2.00 bits per heavy atom. The minimum atomic E-state index is -0.425. The highest BCUT2D eigenvalue weighted by Gasteiger charge is 2.41. The molecule has 1 aromatic carbocycles. The van der Waals surface area contributed by atoms with Gasteiger partial charge in [0.15, 0.2) is 0 Å². The molecule has 0 unspecified atom stereocenters. The molecule has 1 atom stereocenters. The van der Waals surface area contributed by atoms with Gasteiger partial charge in [-0.25, -0.2) is 0 Å². The van der Waals surface area contributed by atoms with E-state index in [1.54, 1.807) is 0 Å². The van der Waals surface area contributed by atoms with Crippen molar-refractivity contribution < 1.29 is 9.53 Å². The van der Waals surface area contributed by atoms with Crippen molar-refractivity contribution in [2.24, 2.45) is 5.92 Å². The number of amides is 1. The highest BCUT2D eigenvalue weighted by molar-refractivity contribution is 5.88. The predicted molar refractivity (Wildman–Crippen MR) is 101 cm³/mol. The van der Waals surface area contributed by atoms with Gasteiger partial charge in [0.05, 0.1) is 5.41 Å². The van der Waals surface area contributed by atoms with E-state index in [0.717, 1.165) is 31.5 Å². The zero-order valence-electron chi connectivity index (χ0n) is 15.7. The quantitative estimate of drug-likeness (QED) is 0.893. The van der Waals surface area contributed by atoms with Crippen molar-refractivity contribution in [2.75, 3.05) is 32.8 Å². The predicted octanol–water partition coefficient (Wildman–Crippen LogP) is 2.97. The highest BCUT2D eigenvalue weighted by atomic mass is 16.5. The van der Waals surface area contributed by atoms with Gasteiger partial charge in [0.2, 0.25) is 5.91 Å². The summed E-state index contributed by atoms with van der Waals surface area (Å²) in [6.45, 7) is 8.91. The van der Waals surface area contributed by atoms with Crippen LogP contribution in [0.5, 0.6) is 0 Å². The maximum atomic E-state index is 13.2. The van der Waals surface area contributed by atoms with E-state index in [1.165, 1.54) is 19.4 Å². The average Bonchev–Trinajstić information content (AvgIpc) is 2.67. The second kappa shape index (κ2) is 8.33. The van der Waals surface area contributed by atoms with Crippen LogP contribution in [0.1, 0.15) is 45.1 Å². The van der Waals surface area contributed by atoms with Gasteiger partial charge < -0.3 is 15.0 Å². The number of hydrogen-bond acceptors (Lipinski definition) is 3. The van der Waals surface area contributed by atoms with Crippen LogP contribution in [-0.2, 0) is 14.9 Å². The Kier molecular flexibility index (Phi) is 6.13. The molecule has 138 valence electrons. The van der Waals surface area contributed by atoms with E-state index in [1.807, 2.05) is 18.2 Å². The average molecular weight is 344 g/mol. The van der Waals surface area contributed by atoms with E-state index in [2.05, 4.69) is 36.2 Å². The minimum Gasteiger partial charge on any atom is -0.381 e. The van der Waals surface area contributed by atoms with Crippen molar-refractivity contribution in [3.8, 4) is 0 Å². The third kappa shape index (κ3) is 4.24. The lowest BCUT2D eigenvalue weighted by molar-refractivity contribution is -0.130. The maximum Gasteiger partial charge on any atom is 0.230 e. The number of hydrogen-bond donors (Lipinski definition) is 1. The molecule has 2 saturated heterocycles. The molecule has 0 radical (unpaired) electrons. The minimum absolute atomic E-state index is 0.184. The highest BCUT2D eigenvalue weighted by Crippen LogP contribution is 2.35. The van der Waals surface area contributed by atoms with Crippen molar-refractivity contribution in [2.45, 2.75) is 51.0 Å². The molecule has 1 aromatic rings. The van der Waals surface area contributed by atoms with Crippen molar-refractivity contribution in [1.82, 2.24) is 10.2 Å². The topological polar surface area (TPSA) is 41.6 Å². The van der Waals surface area contributed by atoms with Crippen LogP contribution in [-0.4, -0.2) is 49.7 Å². The van der Waals surface area contributed by atoms with Crippen LogP contribution in [0.2, 0.25) is 0 Å². The number of nitrogens with zero attached hydrogens (tertiary/aromatic N) is 1. The van der Waals surface area contributed by atoms with Gasteiger partial charge in [-0.2, -0.15) is 0 Å². The summed E-state index contributed by atoms with van der Waals surface area (Å²) in [4.78, 5) is 15.7. The first-order valence-corrected chi connectivity index (χ1v) is 9.77. The molecule has 1 N–H and O–H groups in total. The SMILES string of the molecule is CC(C)N1CCC[C@H](CNC(=O)C2(c3ccccc3)CCOCC2)C1. The summed E-state index contributed by atoms with van der Waals surface area (Å²) in [5, 5.41) is 3.30. The van der Waals surface area contributed by atoms with Crippen LogP contribution < -0.4 is 5.32 Å². The fourth-order valence-electron chi connectivity index (χ4n) is 4.26. The van der Waals surface area contributed by atoms with E-state index in [9.17, 15) is 4.79 Å². The number of nitrogens with one attached hydrogen (secondary N) is 1. The normalized spacial score (nSPS) is 24.2. The second-order valence-electron chi connectivity index (χ2n) is 7.87. The summed E-state index contributed by atoms with van der Waals surface area (Å²) >= 11 is 0. The van der Waals surface area contributed by atoms with Crippen molar-refractivity contribution in [3.05, 3.63) is 35.9 Å². The Morgan fingerprint density at radius 3 is 2.68 bits per heavy atom. The second-order valence-corrected chi connectivity index (χ2v) is 7.87. The molecule has 25 heavy (non-hydrogen) atoms. The Hall–Kier alpha value is -1.39. The summed E-state index contributed by atoms with van der Waals surface area (Å²) in [5.41, 5.74) is 0.703. The van der Waals surface area contributed by atoms with Crippen molar-refractivity contribution >= 4 is 5.91 Å². The first-order chi connectivity index (χ1) is 12.1. The molecular formula is C21H32N2O2. The van der Waals surface area contributed by atoms with Crippen LogP contribution in [0.4, 0.5) is 0 Å². The molecule has 0 saturated carbocycles. The van der Waals surface area contributed by atoms with E-state index in [-0.39, 0.29) is 5.91 Å². The van der Waals surface area contributed by atoms with E-state index in [0.29, 0.717) is 25.2 Å². The number of carbonyl (C=O) groups is 1. The maximum absolute atomic E-state index is 13.2.